The molecule has 2 aliphatic rings. The molecular formula is C15H26NO8P. The number of hydrogen-bond acceptors (Lipinski definition) is 9. The number of nitriles is 1. The van der Waals surface area contributed by atoms with Crippen molar-refractivity contribution < 1.29 is 37.5 Å². The molecule has 25 heavy (non-hydrogen) atoms. The number of phosphoric acid groups is 1. The summed E-state index contributed by atoms with van der Waals surface area (Å²) >= 11 is 0. The highest BCUT2D eigenvalue weighted by Crippen LogP contribution is 2.52. The van der Waals surface area contributed by atoms with E-state index < -0.39 is 26.1 Å². The molecule has 2 fully saturated rings. The molecule has 2 heterocycles. The maximum Gasteiger partial charge on any atom is 0.475 e. The molecule has 10 heteroatoms. The average molecular weight is 379 g/mol. The lowest BCUT2D eigenvalue weighted by molar-refractivity contribution is -0.199. The fourth-order valence-electron chi connectivity index (χ4n) is 2.68. The summed E-state index contributed by atoms with van der Waals surface area (Å²) in [5.74, 6) is 0. The molecule has 2 aliphatic heterocycles. The lowest BCUT2D eigenvalue weighted by Gasteiger charge is -2.30. The van der Waals surface area contributed by atoms with Crippen LogP contribution < -0.4 is 0 Å². The zero-order chi connectivity index (χ0) is 18.1. The average Bonchev–Trinajstić information content (AvgIpc) is 2.97. The van der Waals surface area contributed by atoms with Crippen molar-refractivity contribution in [3.63, 3.8) is 0 Å². The number of hydrogen-bond donors (Lipinski definition) is 1. The SMILES string of the molecule is CCOP(=O)(OCCC#N)O[C@H]1[C@@H](OC2CCCCO2)CO[C@@H]1CO. The van der Waals surface area contributed by atoms with Crippen LogP contribution in [-0.4, -0.2) is 62.7 Å². The topological polar surface area (TPSA) is 116 Å². The Kier molecular flexibility index (Phi) is 8.76. The van der Waals surface area contributed by atoms with E-state index >= 15 is 0 Å². The predicted octanol–water partition coefficient (Wildman–Crippen LogP) is 1.75. The lowest BCUT2D eigenvalue weighted by Crippen LogP contribution is -2.39. The molecule has 1 N–H and O–H groups in total. The van der Waals surface area contributed by atoms with Crippen LogP contribution in [0.4, 0.5) is 0 Å². The highest BCUT2D eigenvalue weighted by atomic mass is 31.2. The van der Waals surface area contributed by atoms with Gasteiger partial charge < -0.3 is 19.3 Å². The van der Waals surface area contributed by atoms with Crippen LogP contribution >= 0.6 is 7.82 Å². The molecule has 2 rings (SSSR count). The van der Waals surface area contributed by atoms with Gasteiger partial charge in [-0.3, -0.25) is 13.6 Å². The number of nitrogens with zero attached hydrogens (tertiary/aromatic N) is 1. The fourth-order valence-corrected chi connectivity index (χ4v) is 4.08. The van der Waals surface area contributed by atoms with E-state index in [1.54, 1.807) is 6.92 Å². The Labute approximate surface area is 147 Å². The summed E-state index contributed by atoms with van der Waals surface area (Å²) in [7, 11) is -3.90. The number of aliphatic hydroxyl groups is 1. The molecule has 0 saturated carbocycles. The van der Waals surface area contributed by atoms with Crippen molar-refractivity contribution in [2.75, 3.05) is 33.0 Å². The summed E-state index contributed by atoms with van der Waals surface area (Å²) in [4.78, 5) is 0. The summed E-state index contributed by atoms with van der Waals surface area (Å²) < 4.78 is 45.5. The second-order valence-corrected chi connectivity index (χ2v) is 7.32. The first-order valence-corrected chi connectivity index (χ1v) is 10.0. The van der Waals surface area contributed by atoms with Gasteiger partial charge >= 0.3 is 7.82 Å². The molecule has 0 aromatic carbocycles. The van der Waals surface area contributed by atoms with Crippen LogP contribution in [0.25, 0.3) is 0 Å². The summed E-state index contributed by atoms with van der Waals surface area (Å²) in [6.45, 7) is 2.17. The van der Waals surface area contributed by atoms with Crippen LogP contribution in [0.1, 0.15) is 32.6 Å². The molecule has 0 amide bonds. The third-order valence-corrected chi connectivity index (χ3v) is 5.43. The Morgan fingerprint density at radius 3 is 2.80 bits per heavy atom. The Morgan fingerprint density at radius 1 is 1.32 bits per heavy atom. The highest BCUT2D eigenvalue weighted by molar-refractivity contribution is 7.48. The van der Waals surface area contributed by atoms with Gasteiger partial charge in [-0.1, -0.05) is 0 Å². The van der Waals surface area contributed by atoms with Crippen LogP contribution in [0, 0.1) is 11.3 Å². The van der Waals surface area contributed by atoms with Crippen molar-refractivity contribution in [3.05, 3.63) is 0 Å². The largest absolute Gasteiger partial charge is 0.475 e. The first-order valence-electron chi connectivity index (χ1n) is 8.56. The zero-order valence-corrected chi connectivity index (χ0v) is 15.3. The Morgan fingerprint density at radius 2 is 2.16 bits per heavy atom. The highest BCUT2D eigenvalue weighted by Gasteiger charge is 2.45. The summed E-state index contributed by atoms with van der Waals surface area (Å²) in [5.41, 5.74) is 0. The number of rotatable bonds is 10. The fraction of sp³-hybridized carbons (Fsp3) is 0.933. The van der Waals surface area contributed by atoms with E-state index in [1.165, 1.54) is 0 Å². The normalized spacial score (nSPS) is 32.2. The van der Waals surface area contributed by atoms with Gasteiger partial charge in [0.1, 0.15) is 18.3 Å². The minimum Gasteiger partial charge on any atom is -0.394 e. The molecular weight excluding hydrogens is 353 g/mol. The number of phosphoric ester groups is 1. The van der Waals surface area contributed by atoms with Gasteiger partial charge in [0, 0.05) is 6.61 Å². The van der Waals surface area contributed by atoms with Crippen molar-refractivity contribution in [1.29, 1.82) is 5.26 Å². The maximum atomic E-state index is 12.7. The molecule has 0 aromatic heterocycles. The van der Waals surface area contributed by atoms with Gasteiger partial charge in [0.15, 0.2) is 6.29 Å². The first-order chi connectivity index (χ1) is 12.1. The Balaban J connectivity index is 2.01. The third-order valence-electron chi connectivity index (χ3n) is 3.85. The Hall–Kier alpha value is -0.560. The van der Waals surface area contributed by atoms with Crippen LogP contribution in [-0.2, 0) is 32.3 Å². The van der Waals surface area contributed by atoms with Crippen LogP contribution in [0.2, 0.25) is 0 Å². The molecule has 0 radical (unpaired) electrons. The third kappa shape index (κ3) is 6.27. The quantitative estimate of drug-likeness (QED) is 0.447. The smallest absolute Gasteiger partial charge is 0.394 e. The standard InChI is InChI=1S/C15H26NO8P/c1-2-21-25(18,22-9-5-7-16)24-15-12(10-17)20-11-13(15)23-14-6-3-4-8-19-14/h12-15,17H,2-6,8-11H2,1H3/t12-,13+,14?,15-,25?/m1/s1. The van der Waals surface area contributed by atoms with E-state index in [0.29, 0.717) is 6.61 Å². The van der Waals surface area contributed by atoms with Gasteiger partial charge in [0.05, 0.1) is 38.9 Å². The number of aliphatic hydroxyl groups excluding tert-OH is 1. The van der Waals surface area contributed by atoms with E-state index in [2.05, 4.69) is 0 Å². The molecule has 9 nitrogen and oxygen atoms in total. The van der Waals surface area contributed by atoms with E-state index in [1.807, 2.05) is 6.07 Å². The van der Waals surface area contributed by atoms with Crippen molar-refractivity contribution in [2.45, 2.75) is 57.2 Å². The minimum atomic E-state index is -3.90. The van der Waals surface area contributed by atoms with Crippen molar-refractivity contribution >= 4 is 7.82 Å². The van der Waals surface area contributed by atoms with E-state index in [-0.39, 0.29) is 39.1 Å². The molecule has 144 valence electrons. The second kappa shape index (κ2) is 10.6. The second-order valence-electron chi connectivity index (χ2n) is 5.70. The molecule has 0 spiro atoms. The van der Waals surface area contributed by atoms with E-state index in [4.69, 9.17) is 33.0 Å². The van der Waals surface area contributed by atoms with Gasteiger partial charge in [-0.15, -0.1) is 0 Å². The molecule has 0 aromatic rings. The van der Waals surface area contributed by atoms with Gasteiger partial charge in [0.2, 0.25) is 0 Å². The monoisotopic (exact) mass is 379 g/mol. The maximum absolute atomic E-state index is 12.7. The van der Waals surface area contributed by atoms with Crippen LogP contribution in [0.3, 0.4) is 0 Å². The van der Waals surface area contributed by atoms with Gasteiger partial charge in [-0.2, -0.15) is 5.26 Å². The molecule has 0 aliphatic carbocycles. The van der Waals surface area contributed by atoms with Crippen molar-refractivity contribution in [3.8, 4) is 6.07 Å². The molecule has 2 unspecified atom stereocenters. The number of ether oxygens (including phenoxy) is 3. The lowest BCUT2D eigenvalue weighted by atomic mass is 10.1. The first kappa shape index (κ1) is 20.7. The molecule has 0 bridgehead atoms. The van der Waals surface area contributed by atoms with Crippen molar-refractivity contribution in [1.82, 2.24) is 0 Å². The van der Waals surface area contributed by atoms with Crippen molar-refractivity contribution in [2.24, 2.45) is 0 Å². The minimum absolute atomic E-state index is 0.0564. The van der Waals surface area contributed by atoms with Crippen LogP contribution in [0.5, 0.6) is 0 Å². The van der Waals surface area contributed by atoms with E-state index in [9.17, 15) is 9.67 Å². The summed E-state index contributed by atoms with van der Waals surface area (Å²) in [5, 5.41) is 18.1. The zero-order valence-electron chi connectivity index (χ0n) is 14.4. The Bertz CT molecular complexity index is 479. The summed E-state index contributed by atoms with van der Waals surface area (Å²) in [6.07, 6.45) is 0.340. The molecule has 2 saturated heterocycles. The van der Waals surface area contributed by atoms with Gasteiger partial charge in [-0.25, -0.2) is 4.57 Å². The molecule has 5 atom stereocenters. The van der Waals surface area contributed by atoms with Crippen LogP contribution in [0.15, 0.2) is 0 Å². The predicted molar refractivity (Wildman–Crippen MR) is 85.6 cm³/mol. The van der Waals surface area contributed by atoms with Gasteiger partial charge in [0.25, 0.3) is 0 Å². The van der Waals surface area contributed by atoms with Gasteiger partial charge in [-0.05, 0) is 26.2 Å². The van der Waals surface area contributed by atoms with E-state index in [0.717, 1.165) is 19.3 Å². The summed E-state index contributed by atoms with van der Waals surface area (Å²) in [6, 6.07) is 1.90.